The lowest BCUT2D eigenvalue weighted by Gasteiger charge is -2.04. The molecule has 0 bridgehead atoms. The van der Waals surface area contributed by atoms with Gasteiger partial charge in [0.1, 0.15) is 5.75 Å². The first-order chi connectivity index (χ1) is 11.7. The molecule has 0 unspecified atom stereocenters. The first-order valence-electron chi connectivity index (χ1n) is 7.80. The molecule has 0 spiro atoms. The molecule has 0 radical (unpaired) electrons. The molecule has 3 aromatic rings. The number of para-hydroxylation sites is 1. The summed E-state index contributed by atoms with van der Waals surface area (Å²) >= 11 is 0. The van der Waals surface area contributed by atoms with Crippen LogP contribution in [0, 0.1) is 0 Å². The van der Waals surface area contributed by atoms with Crippen LogP contribution in [0.4, 0.5) is 4.79 Å². The van der Waals surface area contributed by atoms with Gasteiger partial charge in [0.25, 0.3) is 0 Å². The second kappa shape index (κ2) is 9.16. The Bertz CT molecular complexity index is 715. The second-order valence-electron chi connectivity index (χ2n) is 5.06. The lowest BCUT2D eigenvalue weighted by Crippen LogP contribution is -2.04. The van der Waals surface area contributed by atoms with Gasteiger partial charge in [-0.1, -0.05) is 85.8 Å². The third-order valence-electron chi connectivity index (χ3n) is 3.43. The molecule has 3 nitrogen and oxygen atoms in total. The van der Waals surface area contributed by atoms with Crippen molar-refractivity contribution < 1.29 is 14.6 Å². The zero-order valence-electron chi connectivity index (χ0n) is 13.6. The van der Waals surface area contributed by atoms with E-state index in [0.29, 0.717) is 5.75 Å². The van der Waals surface area contributed by atoms with E-state index in [1.165, 1.54) is 11.1 Å². The van der Waals surface area contributed by atoms with E-state index in [2.05, 4.69) is 53.3 Å². The predicted molar refractivity (Wildman–Crippen MR) is 96.4 cm³/mol. The molecule has 0 saturated carbocycles. The molecule has 24 heavy (non-hydrogen) atoms. The second-order valence-corrected chi connectivity index (χ2v) is 5.06. The minimum Gasteiger partial charge on any atom is -0.449 e. The Balaban J connectivity index is 0.000000174. The summed E-state index contributed by atoms with van der Waals surface area (Å²) < 4.78 is 4.55. The van der Waals surface area contributed by atoms with E-state index < -0.39 is 6.16 Å². The van der Waals surface area contributed by atoms with Gasteiger partial charge in [0.05, 0.1) is 0 Å². The maximum atomic E-state index is 10.2. The molecule has 0 heterocycles. The highest BCUT2D eigenvalue weighted by Crippen LogP contribution is 2.18. The summed E-state index contributed by atoms with van der Waals surface area (Å²) in [5.41, 5.74) is 3.45. The highest BCUT2D eigenvalue weighted by molar-refractivity contribution is 5.63. The van der Waals surface area contributed by atoms with Gasteiger partial charge in [-0.15, -0.1) is 0 Å². The van der Waals surface area contributed by atoms with E-state index in [1.807, 2.05) is 31.2 Å². The van der Waals surface area contributed by atoms with Crippen LogP contribution < -0.4 is 4.74 Å². The number of carbonyl (C=O) groups is 1. The topological polar surface area (TPSA) is 46.5 Å². The minimum atomic E-state index is -1.27. The Morgan fingerprint density at radius 1 is 0.792 bits per heavy atom. The number of rotatable bonds is 3. The van der Waals surface area contributed by atoms with Gasteiger partial charge in [0, 0.05) is 0 Å². The van der Waals surface area contributed by atoms with Crippen molar-refractivity contribution in [1.82, 2.24) is 0 Å². The van der Waals surface area contributed by atoms with Gasteiger partial charge >= 0.3 is 6.16 Å². The third-order valence-corrected chi connectivity index (χ3v) is 3.43. The maximum absolute atomic E-state index is 10.2. The Morgan fingerprint density at radius 2 is 1.25 bits per heavy atom. The summed E-state index contributed by atoms with van der Waals surface area (Å²) in [5.74, 6) is 0.424. The van der Waals surface area contributed by atoms with Gasteiger partial charge in [0.2, 0.25) is 0 Å². The number of benzene rings is 3. The van der Waals surface area contributed by atoms with Crippen LogP contribution in [0.25, 0.3) is 11.1 Å². The molecule has 0 fully saturated rings. The molecule has 0 atom stereocenters. The molecule has 122 valence electrons. The lowest BCUT2D eigenvalue weighted by atomic mass is 10.1. The van der Waals surface area contributed by atoms with Gasteiger partial charge in [-0.3, -0.25) is 0 Å². The number of hydrogen-bond donors (Lipinski definition) is 1. The molecule has 0 aliphatic heterocycles. The van der Waals surface area contributed by atoms with Crippen molar-refractivity contribution >= 4 is 6.16 Å². The normalized spacial score (nSPS) is 9.54. The molecule has 0 aliphatic rings. The van der Waals surface area contributed by atoms with Gasteiger partial charge < -0.3 is 9.84 Å². The monoisotopic (exact) mass is 320 g/mol. The van der Waals surface area contributed by atoms with Crippen molar-refractivity contribution in [2.24, 2.45) is 0 Å². The summed E-state index contributed by atoms with van der Waals surface area (Å²) in [6.45, 7) is 1.95. The minimum absolute atomic E-state index is 0.424. The van der Waals surface area contributed by atoms with Gasteiger partial charge in [-0.2, -0.15) is 0 Å². The van der Waals surface area contributed by atoms with Crippen LogP contribution in [0.3, 0.4) is 0 Å². The standard InChI is InChI=1S/C12H10.C9H10O3/c1-3-7-11(8-4-1)12-9-5-2-6-10-12;1-2-7-5-3-4-6-8(7)12-9(10)11/h1-10H;3-6H,2H2,1H3,(H,10,11). The smallest absolute Gasteiger partial charge is 0.449 e. The predicted octanol–water partition coefficient (Wildman–Crippen LogP) is 5.66. The van der Waals surface area contributed by atoms with Gasteiger partial charge in [-0.05, 0) is 29.2 Å². The number of carboxylic acid groups (broad SMARTS) is 1. The number of aryl methyl sites for hydroxylation is 1. The summed E-state index contributed by atoms with van der Waals surface area (Å²) in [6, 6.07) is 27.9. The lowest BCUT2D eigenvalue weighted by molar-refractivity contribution is 0.144. The van der Waals surface area contributed by atoms with Crippen LogP contribution >= 0.6 is 0 Å². The Kier molecular flexibility index (Phi) is 6.59. The maximum Gasteiger partial charge on any atom is 0.511 e. The molecule has 0 aromatic heterocycles. The molecular weight excluding hydrogens is 300 g/mol. The van der Waals surface area contributed by atoms with Crippen LogP contribution in [0.1, 0.15) is 12.5 Å². The Labute approximate surface area is 142 Å². The van der Waals surface area contributed by atoms with Crippen molar-refractivity contribution in [2.75, 3.05) is 0 Å². The molecule has 0 amide bonds. The largest absolute Gasteiger partial charge is 0.511 e. The highest BCUT2D eigenvalue weighted by Gasteiger charge is 2.04. The van der Waals surface area contributed by atoms with Crippen molar-refractivity contribution in [3.63, 3.8) is 0 Å². The van der Waals surface area contributed by atoms with Crippen molar-refractivity contribution in [3.8, 4) is 16.9 Å². The SMILES string of the molecule is CCc1ccccc1OC(=O)O.c1ccc(-c2ccccc2)cc1. The average molecular weight is 320 g/mol. The van der Waals surface area contributed by atoms with E-state index in [4.69, 9.17) is 5.11 Å². The van der Waals surface area contributed by atoms with E-state index in [0.717, 1.165) is 12.0 Å². The Hall–Kier alpha value is -3.07. The van der Waals surface area contributed by atoms with Gasteiger partial charge in [-0.25, -0.2) is 4.79 Å². The summed E-state index contributed by atoms with van der Waals surface area (Å²) in [4.78, 5) is 10.2. The molecule has 1 N–H and O–H groups in total. The highest BCUT2D eigenvalue weighted by atomic mass is 16.7. The number of hydrogen-bond acceptors (Lipinski definition) is 2. The summed E-state index contributed by atoms with van der Waals surface area (Å²) in [7, 11) is 0. The van der Waals surface area contributed by atoms with E-state index >= 15 is 0 Å². The van der Waals surface area contributed by atoms with Crippen molar-refractivity contribution in [1.29, 1.82) is 0 Å². The average Bonchev–Trinajstić information content (AvgIpc) is 2.64. The van der Waals surface area contributed by atoms with E-state index in [9.17, 15) is 4.79 Å². The fourth-order valence-electron chi connectivity index (χ4n) is 2.25. The molecular formula is C21H20O3. The Morgan fingerprint density at radius 3 is 1.71 bits per heavy atom. The zero-order valence-corrected chi connectivity index (χ0v) is 13.6. The van der Waals surface area contributed by atoms with Crippen LogP contribution in [0.2, 0.25) is 0 Å². The summed E-state index contributed by atoms with van der Waals surface area (Å²) in [6.07, 6.45) is -0.500. The first kappa shape index (κ1) is 17.3. The number of ether oxygens (including phenoxy) is 1. The molecule has 3 rings (SSSR count). The van der Waals surface area contributed by atoms with Gasteiger partial charge in [0.15, 0.2) is 0 Å². The fraction of sp³-hybridized carbons (Fsp3) is 0.0952. The van der Waals surface area contributed by atoms with Crippen molar-refractivity contribution in [2.45, 2.75) is 13.3 Å². The van der Waals surface area contributed by atoms with Crippen LogP contribution in [0.15, 0.2) is 84.9 Å². The fourth-order valence-corrected chi connectivity index (χ4v) is 2.25. The third kappa shape index (κ3) is 5.29. The van der Waals surface area contributed by atoms with Crippen molar-refractivity contribution in [3.05, 3.63) is 90.5 Å². The van der Waals surface area contributed by atoms with E-state index in [1.54, 1.807) is 12.1 Å². The molecule has 3 heteroatoms. The molecule has 3 aromatic carbocycles. The van der Waals surface area contributed by atoms with Crippen LogP contribution in [-0.2, 0) is 6.42 Å². The zero-order chi connectivity index (χ0) is 17.2. The van der Waals surface area contributed by atoms with Crippen LogP contribution in [-0.4, -0.2) is 11.3 Å². The van der Waals surface area contributed by atoms with E-state index in [-0.39, 0.29) is 0 Å². The quantitative estimate of drug-likeness (QED) is 0.500. The first-order valence-corrected chi connectivity index (χ1v) is 7.80. The van der Waals surface area contributed by atoms with Crippen LogP contribution in [0.5, 0.6) is 5.75 Å². The molecule has 0 aliphatic carbocycles. The summed E-state index contributed by atoms with van der Waals surface area (Å²) in [5, 5.41) is 8.36. The molecule has 0 saturated heterocycles.